The molecule has 0 saturated carbocycles. The number of hydrogen-bond acceptors (Lipinski definition) is 3. The zero-order valence-electron chi connectivity index (χ0n) is 16.0. The van der Waals surface area contributed by atoms with Gasteiger partial charge in [0, 0.05) is 49.5 Å². The number of likely N-dealkylation sites (tertiary alicyclic amines) is 1. The molecule has 5 nitrogen and oxygen atoms in total. The van der Waals surface area contributed by atoms with Crippen molar-refractivity contribution in [1.29, 1.82) is 0 Å². The smallest absolute Gasteiger partial charge is 0.253 e. The molecule has 1 fully saturated rings. The van der Waals surface area contributed by atoms with Crippen LogP contribution in [0.4, 0.5) is 11.4 Å². The van der Waals surface area contributed by atoms with Gasteiger partial charge in [-0.3, -0.25) is 9.59 Å². The van der Waals surface area contributed by atoms with Crippen LogP contribution in [0.2, 0.25) is 0 Å². The summed E-state index contributed by atoms with van der Waals surface area (Å²) in [4.78, 5) is 29.1. The van der Waals surface area contributed by atoms with Crippen LogP contribution in [-0.4, -0.2) is 43.4 Å². The Balaban J connectivity index is 1.54. The van der Waals surface area contributed by atoms with Gasteiger partial charge in [0.2, 0.25) is 5.91 Å². The molecule has 5 heteroatoms. The van der Waals surface area contributed by atoms with E-state index in [-0.39, 0.29) is 17.7 Å². The molecule has 0 spiro atoms. The molecule has 1 heterocycles. The summed E-state index contributed by atoms with van der Waals surface area (Å²) in [7, 11) is 2.03. The highest BCUT2D eigenvalue weighted by Crippen LogP contribution is 2.22. The van der Waals surface area contributed by atoms with E-state index in [0.717, 1.165) is 17.9 Å². The Kier molecular flexibility index (Phi) is 6.12. The lowest BCUT2D eigenvalue weighted by Crippen LogP contribution is -2.41. The van der Waals surface area contributed by atoms with Crippen molar-refractivity contribution in [1.82, 2.24) is 4.90 Å². The van der Waals surface area contributed by atoms with Crippen molar-refractivity contribution in [3.63, 3.8) is 0 Å². The van der Waals surface area contributed by atoms with E-state index in [2.05, 4.69) is 17.1 Å². The number of rotatable bonds is 5. The van der Waals surface area contributed by atoms with Gasteiger partial charge >= 0.3 is 0 Å². The predicted molar refractivity (Wildman–Crippen MR) is 109 cm³/mol. The average Bonchev–Trinajstić information content (AvgIpc) is 2.73. The van der Waals surface area contributed by atoms with Crippen molar-refractivity contribution >= 4 is 23.2 Å². The first-order valence-corrected chi connectivity index (χ1v) is 9.55. The second-order valence-electron chi connectivity index (χ2n) is 6.98. The maximum Gasteiger partial charge on any atom is 0.253 e. The van der Waals surface area contributed by atoms with Crippen LogP contribution in [0, 0.1) is 5.92 Å². The van der Waals surface area contributed by atoms with Crippen LogP contribution in [-0.2, 0) is 4.79 Å². The van der Waals surface area contributed by atoms with E-state index < -0.39 is 0 Å². The molecular weight excluding hydrogens is 338 g/mol. The van der Waals surface area contributed by atoms with Crippen LogP contribution in [0.15, 0.2) is 54.6 Å². The maximum absolute atomic E-state index is 12.7. The van der Waals surface area contributed by atoms with Gasteiger partial charge in [-0.1, -0.05) is 18.2 Å². The summed E-state index contributed by atoms with van der Waals surface area (Å²) in [6, 6.07) is 17.2. The van der Waals surface area contributed by atoms with E-state index in [0.29, 0.717) is 31.5 Å². The summed E-state index contributed by atoms with van der Waals surface area (Å²) in [5.41, 5.74) is 2.62. The minimum absolute atomic E-state index is 0.0419. The summed E-state index contributed by atoms with van der Waals surface area (Å²) >= 11 is 0. The maximum atomic E-state index is 12.7. The zero-order valence-corrected chi connectivity index (χ0v) is 16.0. The van der Waals surface area contributed by atoms with Crippen LogP contribution < -0.4 is 10.2 Å². The summed E-state index contributed by atoms with van der Waals surface area (Å²) < 4.78 is 0. The highest BCUT2D eigenvalue weighted by atomic mass is 16.2. The second-order valence-corrected chi connectivity index (χ2v) is 6.98. The highest BCUT2D eigenvalue weighted by molar-refractivity contribution is 5.95. The van der Waals surface area contributed by atoms with Gasteiger partial charge in [-0.2, -0.15) is 0 Å². The monoisotopic (exact) mass is 365 g/mol. The number of carbonyl (C=O) groups excluding carboxylic acids is 2. The molecule has 0 atom stereocenters. The van der Waals surface area contributed by atoms with E-state index >= 15 is 0 Å². The molecule has 1 aliphatic rings. The number of nitrogens with zero attached hydrogens (tertiary/aromatic N) is 2. The standard InChI is InChI=1S/C22H27N3O2/c1-3-24(2)20-11-9-18(10-12-20)22(27)25-15-13-17(14-16-25)21(26)23-19-7-5-4-6-8-19/h4-12,17H,3,13-16H2,1-2H3,(H,23,26). The normalized spacial score (nSPS) is 14.7. The molecule has 1 saturated heterocycles. The number of para-hydroxylation sites is 1. The number of carbonyl (C=O) groups is 2. The molecule has 0 bridgehead atoms. The molecule has 27 heavy (non-hydrogen) atoms. The van der Waals surface area contributed by atoms with Gasteiger partial charge in [0.05, 0.1) is 0 Å². The third kappa shape index (κ3) is 4.67. The number of benzene rings is 2. The summed E-state index contributed by atoms with van der Waals surface area (Å²) in [5.74, 6) is 0.0395. The number of piperidine rings is 1. The molecule has 142 valence electrons. The summed E-state index contributed by atoms with van der Waals surface area (Å²) in [5, 5.41) is 2.96. The third-order valence-corrected chi connectivity index (χ3v) is 5.22. The molecule has 0 unspecified atom stereocenters. The summed E-state index contributed by atoms with van der Waals surface area (Å²) in [6.07, 6.45) is 1.39. The Bertz CT molecular complexity index is 766. The van der Waals surface area contributed by atoms with Crippen LogP contribution in [0.25, 0.3) is 0 Å². The van der Waals surface area contributed by atoms with E-state index in [9.17, 15) is 9.59 Å². The van der Waals surface area contributed by atoms with Crippen LogP contribution in [0.5, 0.6) is 0 Å². The zero-order chi connectivity index (χ0) is 19.2. The number of anilines is 2. The minimum Gasteiger partial charge on any atom is -0.375 e. The molecule has 2 aromatic rings. The fourth-order valence-corrected chi connectivity index (χ4v) is 3.33. The lowest BCUT2D eigenvalue weighted by atomic mass is 9.95. The van der Waals surface area contributed by atoms with Gasteiger partial charge in [-0.25, -0.2) is 0 Å². The molecule has 1 N–H and O–H groups in total. The number of hydrogen-bond donors (Lipinski definition) is 1. The summed E-state index contributed by atoms with van der Waals surface area (Å²) in [6.45, 7) is 4.24. The van der Waals surface area contributed by atoms with Gasteiger partial charge in [-0.15, -0.1) is 0 Å². The van der Waals surface area contributed by atoms with Gasteiger partial charge in [0.1, 0.15) is 0 Å². The van der Waals surface area contributed by atoms with Gasteiger partial charge < -0.3 is 15.1 Å². The topological polar surface area (TPSA) is 52.7 Å². The van der Waals surface area contributed by atoms with Gasteiger partial charge in [0.25, 0.3) is 5.91 Å². The van der Waals surface area contributed by atoms with E-state index in [1.165, 1.54) is 0 Å². The first kappa shape index (κ1) is 19.0. The van der Waals surface area contributed by atoms with Gasteiger partial charge in [-0.05, 0) is 56.2 Å². The van der Waals surface area contributed by atoms with Crippen molar-refractivity contribution in [3.8, 4) is 0 Å². The van der Waals surface area contributed by atoms with Crippen molar-refractivity contribution < 1.29 is 9.59 Å². The molecule has 0 aromatic heterocycles. The van der Waals surface area contributed by atoms with Crippen molar-refractivity contribution in [2.24, 2.45) is 5.92 Å². The fourth-order valence-electron chi connectivity index (χ4n) is 3.33. The van der Waals surface area contributed by atoms with Crippen molar-refractivity contribution in [2.45, 2.75) is 19.8 Å². The molecule has 0 aliphatic carbocycles. The second kappa shape index (κ2) is 8.71. The van der Waals surface area contributed by atoms with E-state index in [4.69, 9.17) is 0 Å². The highest BCUT2D eigenvalue weighted by Gasteiger charge is 2.27. The lowest BCUT2D eigenvalue weighted by Gasteiger charge is -2.31. The van der Waals surface area contributed by atoms with E-state index in [1.807, 2.05) is 66.5 Å². The lowest BCUT2D eigenvalue weighted by molar-refractivity contribution is -0.121. The quantitative estimate of drug-likeness (QED) is 0.880. The number of nitrogens with one attached hydrogen (secondary N) is 1. The number of amides is 2. The van der Waals surface area contributed by atoms with Gasteiger partial charge in [0.15, 0.2) is 0 Å². The Morgan fingerprint density at radius 3 is 2.26 bits per heavy atom. The van der Waals surface area contributed by atoms with E-state index in [1.54, 1.807) is 0 Å². The molecule has 3 rings (SSSR count). The Labute approximate surface area is 161 Å². The van der Waals surface area contributed by atoms with Crippen molar-refractivity contribution in [2.75, 3.05) is 36.9 Å². The molecule has 0 radical (unpaired) electrons. The molecule has 2 amide bonds. The molecule has 1 aliphatic heterocycles. The molecular formula is C22H27N3O2. The largest absolute Gasteiger partial charge is 0.375 e. The predicted octanol–water partition coefficient (Wildman–Crippen LogP) is 3.63. The average molecular weight is 365 g/mol. The first-order chi connectivity index (χ1) is 13.1. The Morgan fingerprint density at radius 2 is 1.67 bits per heavy atom. The SMILES string of the molecule is CCN(C)c1ccc(C(=O)N2CCC(C(=O)Nc3ccccc3)CC2)cc1. The van der Waals surface area contributed by atoms with Crippen molar-refractivity contribution in [3.05, 3.63) is 60.2 Å². The molecule has 2 aromatic carbocycles. The fraction of sp³-hybridized carbons (Fsp3) is 0.364. The van der Waals surface area contributed by atoms with Crippen LogP contribution in [0.1, 0.15) is 30.1 Å². The first-order valence-electron chi connectivity index (χ1n) is 9.55. The minimum atomic E-state index is -0.0464. The Hall–Kier alpha value is -2.82. The van der Waals surface area contributed by atoms with Crippen LogP contribution in [0.3, 0.4) is 0 Å². The van der Waals surface area contributed by atoms with Crippen LogP contribution >= 0.6 is 0 Å². The third-order valence-electron chi connectivity index (χ3n) is 5.22. The Morgan fingerprint density at radius 1 is 1.04 bits per heavy atom.